The number of aromatic nitrogens is 2. The molecule has 148 valence electrons. The Morgan fingerprint density at radius 1 is 1.18 bits per heavy atom. The number of hydrogen-bond acceptors (Lipinski definition) is 4. The second-order valence-corrected chi connectivity index (χ2v) is 7.15. The van der Waals surface area contributed by atoms with Crippen LogP contribution in [0.5, 0.6) is 11.5 Å². The quantitative estimate of drug-likeness (QED) is 0.431. The number of nitrogens with zero attached hydrogens (tertiary/aromatic N) is 3. The molecule has 0 saturated heterocycles. The van der Waals surface area contributed by atoms with Crippen LogP contribution in [0.1, 0.15) is 12.6 Å². The van der Waals surface area contributed by atoms with Crippen LogP contribution in [0.15, 0.2) is 58.3 Å². The van der Waals surface area contributed by atoms with Gasteiger partial charge in [-0.05, 0) is 47.1 Å². The van der Waals surface area contributed by atoms with Gasteiger partial charge in [-0.1, -0.05) is 12.1 Å². The van der Waals surface area contributed by atoms with Crippen LogP contribution in [0.3, 0.4) is 0 Å². The first-order valence-corrected chi connectivity index (χ1v) is 9.75. The fraction of sp³-hybridized carbons (Fsp3) is 0.300. The maximum atomic E-state index is 5.95. The molecule has 0 saturated carbocycles. The summed E-state index contributed by atoms with van der Waals surface area (Å²) in [5, 5.41) is 6.55. The van der Waals surface area contributed by atoms with E-state index in [4.69, 9.17) is 9.47 Å². The van der Waals surface area contributed by atoms with Gasteiger partial charge in [0.1, 0.15) is 11.8 Å². The van der Waals surface area contributed by atoms with Crippen LogP contribution in [0, 0.1) is 0 Å². The average molecular weight is 446 g/mol. The highest BCUT2D eigenvalue weighted by Gasteiger charge is 2.10. The van der Waals surface area contributed by atoms with Crippen molar-refractivity contribution in [1.82, 2.24) is 20.0 Å². The standard InChI is InChI=1S/C20H24BrN5O2/c1-14(28-18-7-5-4-6-17(18)27-3)10-23-20(22-2)24-11-16-13-26-12-15(21)8-9-19(26)25-16/h4-9,12-14H,10-11H2,1-3H3,(H2,22,23,24). The third-order valence-electron chi connectivity index (χ3n) is 4.08. The summed E-state index contributed by atoms with van der Waals surface area (Å²) in [6.45, 7) is 3.16. The van der Waals surface area contributed by atoms with E-state index in [1.165, 1.54) is 0 Å². The number of fused-ring (bicyclic) bond motifs is 1. The van der Waals surface area contributed by atoms with Crippen molar-refractivity contribution in [3.05, 3.63) is 59.0 Å². The minimum Gasteiger partial charge on any atom is -0.493 e. The fourth-order valence-electron chi connectivity index (χ4n) is 2.71. The number of guanidine groups is 1. The van der Waals surface area contributed by atoms with Crippen molar-refractivity contribution in [1.29, 1.82) is 0 Å². The van der Waals surface area contributed by atoms with E-state index in [0.29, 0.717) is 19.0 Å². The van der Waals surface area contributed by atoms with Crippen LogP contribution < -0.4 is 20.1 Å². The number of hydrogen-bond donors (Lipinski definition) is 2. The van der Waals surface area contributed by atoms with Crippen LogP contribution in [0.25, 0.3) is 5.65 Å². The molecule has 0 fully saturated rings. The number of rotatable bonds is 7. The van der Waals surface area contributed by atoms with Gasteiger partial charge < -0.3 is 24.5 Å². The van der Waals surface area contributed by atoms with Crippen molar-refractivity contribution in [3.63, 3.8) is 0 Å². The molecule has 3 rings (SSSR count). The smallest absolute Gasteiger partial charge is 0.191 e. The van der Waals surface area contributed by atoms with Crippen molar-refractivity contribution in [2.45, 2.75) is 19.6 Å². The predicted octanol–water partition coefficient (Wildman–Crippen LogP) is 3.24. The second kappa shape index (κ2) is 9.45. The van der Waals surface area contributed by atoms with Crippen LogP contribution >= 0.6 is 15.9 Å². The van der Waals surface area contributed by atoms with Gasteiger partial charge in [-0.3, -0.25) is 4.99 Å². The molecule has 0 aliphatic rings. The van der Waals surface area contributed by atoms with Gasteiger partial charge in [0.05, 0.1) is 25.9 Å². The van der Waals surface area contributed by atoms with E-state index in [1.807, 2.05) is 60.1 Å². The number of halogens is 1. The molecular formula is C20H24BrN5O2. The van der Waals surface area contributed by atoms with Gasteiger partial charge in [0.2, 0.25) is 0 Å². The molecule has 0 radical (unpaired) electrons. The minimum absolute atomic E-state index is 0.0672. The summed E-state index contributed by atoms with van der Waals surface area (Å²) in [5.74, 6) is 2.13. The zero-order chi connectivity index (χ0) is 19.9. The normalized spacial score (nSPS) is 12.6. The summed E-state index contributed by atoms with van der Waals surface area (Å²) in [6.07, 6.45) is 3.91. The molecule has 0 bridgehead atoms. The van der Waals surface area contributed by atoms with E-state index < -0.39 is 0 Å². The zero-order valence-electron chi connectivity index (χ0n) is 16.1. The molecule has 1 unspecified atom stereocenters. The number of methoxy groups -OCH3 is 1. The lowest BCUT2D eigenvalue weighted by Crippen LogP contribution is -2.41. The first kappa shape index (κ1) is 20.0. The SMILES string of the molecule is CN=C(NCc1cn2cc(Br)ccc2n1)NCC(C)Oc1ccccc1OC. The van der Waals surface area contributed by atoms with Gasteiger partial charge in [0.25, 0.3) is 0 Å². The van der Waals surface area contributed by atoms with Crippen LogP contribution in [0.2, 0.25) is 0 Å². The van der Waals surface area contributed by atoms with Gasteiger partial charge >= 0.3 is 0 Å². The number of imidazole rings is 1. The number of benzene rings is 1. The average Bonchev–Trinajstić information content (AvgIpc) is 3.10. The van der Waals surface area contributed by atoms with Crippen LogP contribution in [-0.2, 0) is 6.54 Å². The molecule has 1 aromatic carbocycles. The molecule has 1 atom stereocenters. The molecule has 0 spiro atoms. The number of para-hydroxylation sites is 2. The summed E-state index contributed by atoms with van der Waals surface area (Å²) in [6, 6.07) is 11.6. The van der Waals surface area contributed by atoms with Crippen molar-refractivity contribution >= 4 is 27.5 Å². The predicted molar refractivity (Wildman–Crippen MR) is 114 cm³/mol. The molecule has 3 aromatic rings. The van der Waals surface area contributed by atoms with Crippen molar-refractivity contribution < 1.29 is 9.47 Å². The molecule has 2 aromatic heterocycles. The van der Waals surface area contributed by atoms with E-state index in [2.05, 4.69) is 36.5 Å². The molecule has 28 heavy (non-hydrogen) atoms. The lowest BCUT2D eigenvalue weighted by molar-refractivity contribution is 0.213. The monoisotopic (exact) mass is 445 g/mol. The maximum absolute atomic E-state index is 5.95. The lowest BCUT2D eigenvalue weighted by atomic mass is 10.3. The third kappa shape index (κ3) is 5.16. The Morgan fingerprint density at radius 3 is 2.71 bits per heavy atom. The molecule has 2 heterocycles. The van der Waals surface area contributed by atoms with Crippen LogP contribution in [0.4, 0.5) is 0 Å². The second-order valence-electron chi connectivity index (χ2n) is 6.23. The van der Waals surface area contributed by atoms with Crippen molar-refractivity contribution in [3.8, 4) is 11.5 Å². The highest BCUT2D eigenvalue weighted by atomic mass is 79.9. The van der Waals surface area contributed by atoms with Crippen molar-refractivity contribution in [2.75, 3.05) is 20.7 Å². The topological polar surface area (TPSA) is 72.2 Å². The fourth-order valence-corrected chi connectivity index (χ4v) is 3.07. The van der Waals surface area contributed by atoms with Gasteiger partial charge in [0.15, 0.2) is 17.5 Å². The number of pyridine rings is 1. The summed E-state index contributed by atoms with van der Waals surface area (Å²) in [5.41, 5.74) is 1.83. The Balaban J connectivity index is 1.51. The van der Waals surface area contributed by atoms with Gasteiger partial charge in [0, 0.05) is 23.9 Å². The first-order chi connectivity index (χ1) is 13.6. The molecule has 0 aliphatic heterocycles. The van der Waals surface area contributed by atoms with E-state index >= 15 is 0 Å². The largest absolute Gasteiger partial charge is 0.493 e. The number of ether oxygens (including phenoxy) is 2. The Labute approximate surface area is 172 Å². The maximum Gasteiger partial charge on any atom is 0.191 e. The lowest BCUT2D eigenvalue weighted by Gasteiger charge is -2.18. The number of aliphatic imine (C=N–C) groups is 1. The Morgan fingerprint density at radius 2 is 1.96 bits per heavy atom. The number of nitrogens with one attached hydrogen (secondary N) is 2. The molecular weight excluding hydrogens is 422 g/mol. The molecule has 0 amide bonds. The Bertz CT molecular complexity index is 957. The molecule has 0 aliphatic carbocycles. The van der Waals surface area contributed by atoms with E-state index in [9.17, 15) is 0 Å². The van der Waals surface area contributed by atoms with E-state index in [-0.39, 0.29) is 6.10 Å². The minimum atomic E-state index is -0.0672. The molecule has 2 N–H and O–H groups in total. The summed E-state index contributed by atoms with van der Waals surface area (Å²) in [4.78, 5) is 8.84. The molecule has 7 nitrogen and oxygen atoms in total. The Hall–Kier alpha value is -2.74. The van der Waals surface area contributed by atoms with Crippen molar-refractivity contribution in [2.24, 2.45) is 4.99 Å². The van der Waals surface area contributed by atoms with Gasteiger partial charge in [-0.2, -0.15) is 0 Å². The van der Waals surface area contributed by atoms with Gasteiger partial charge in [-0.25, -0.2) is 4.98 Å². The Kier molecular flexibility index (Phi) is 6.76. The van der Waals surface area contributed by atoms with E-state index in [1.54, 1.807) is 14.2 Å². The van der Waals surface area contributed by atoms with E-state index in [0.717, 1.165) is 27.3 Å². The van der Waals surface area contributed by atoms with Crippen LogP contribution in [-0.4, -0.2) is 42.2 Å². The first-order valence-electron chi connectivity index (χ1n) is 8.96. The highest BCUT2D eigenvalue weighted by molar-refractivity contribution is 9.10. The zero-order valence-corrected chi connectivity index (χ0v) is 17.7. The summed E-state index contributed by atoms with van der Waals surface area (Å²) >= 11 is 3.47. The molecule has 8 heteroatoms. The highest BCUT2D eigenvalue weighted by Crippen LogP contribution is 2.26. The summed E-state index contributed by atoms with van der Waals surface area (Å²) in [7, 11) is 3.37. The van der Waals surface area contributed by atoms with Gasteiger partial charge in [-0.15, -0.1) is 0 Å². The summed E-state index contributed by atoms with van der Waals surface area (Å²) < 4.78 is 14.3. The third-order valence-corrected chi connectivity index (χ3v) is 4.55.